The molecule has 0 aliphatic carbocycles. The van der Waals surface area contributed by atoms with Crippen LogP contribution in [0.25, 0.3) is 0 Å². The fourth-order valence-corrected chi connectivity index (χ4v) is 2.96. The molecule has 22 heavy (non-hydrogen) atoms. The second-order valence-corrected chi connectivity index (χ2v) is 5.98. The summed E-state index contributed by atoms with van der Waals surface area (Å²) in [6.45, 7) is 3.93. The van der Waals surface area contributed by atoms with Crippen LogP contribution in [-0.4, -0.2) is 43.0 Å². The lowest BCUT2D eigenvalue weighted by molar-refractivity contribution is -0.120. The molecule has 1 fully saturated rings. The number of ether oxygens (including phenoxy) is 1. The molecule has 0 aromatic heterocycles. The first-order valence-corrected chi connectivity index (χ1v) is 7.73. The van der Waals surface area contributed by atoms with Crippen molar-refractivity contribution in [3.8, 4) is 0 Å². The number of carbonyl (C=O) groups excluding carboxylic acids is 2. The van der Waals surface area contributed by atoms with Crippen LogP contribution < -0.4 is 5.32 Å². The van der Waals surface area contributed by atoms with E-state index in [1.165, 1.54) is 14.0 Å². The molecule has 1 heterocycles. The number of hydrogen-bond acceptors (Lipinski definition) is 4. The zero-order valence-corrected chi connectivity index (χ0v) is 13.7. The van der Waals surface area contributed by atoms with Crippen molar-refractivity contribution in [2.24, 2.45) is 0 Å². The fourth-order valence-electron chi connectivity index (χ4n) is 2.79. The van der Waals surface area contributed by atoms with E-state index in [4.69, 9.17) is 16.3 Å². The van der Waals surface area contributed by atoms with Crippen LogP contribution in [0.5, 0.6) is 0 Å². The van der Waals surface area contributed by atoms with Crippen molar-refractivity contribution in [3.05, 3.63) is 34.3 Å². The van der Waals surface area contributed by atoms with E-state index in [2.05, 4.69) is 10.2 Å². The van der Waals surface area contributed by atoms with Gasteiger partial charge in [0.05, 0.1) is 12.7 Å². The van der Waals surface area contributed by atoms with Crippen LogP contribution in [0.2, 0.25) is 5.02 Å². The highest BCUT2D eigenvalue weighted by Crippen LogP contribution is 2.22. The molecule has 1 N–H and O–H groups in total. The van der Waals surface area contributed by atoms with Gasteiger partial charge in [0.15, 0.2) is 0 Å². The third-order valence-electron chi connectivity index (χ3n) is 3.77. The van der Waals surface area contributed by atoms with Gasteiger partial charge in [0.2, 0.25) is 5.91 Å². The van der Waals surface area contributed by atoms with Crippen molar-refractivity contribution in [2.45, 2.75) is 32.4 Å². The molecule has 0 bridgehead atoms. The van der Waals surface area contributed by atoms with Crippen molar-refractivity contribution in [1.29, 1.82) is 0 Å². The maximum atomic E-state index is 11.6. The number of likely N-dealkylation sites (tertiary alicyclic amines) is 1. The van der Waals surface area contributed by atoms with E-state index in [-0.39, 0.29) is 17.9 Å². The number of halogens is 1. The number of rotatable bonds is 4. The van der Waals surface area contributed by atoms with Gasteiger partial charge in [-0.05, 0) is 43.1 Å². The fraction of sp³-hybridized carbons (Fsp3) is 0.500. The first-order valence-electron chi connectivity index (χ1n) is 7.36. The van der Waals surface area contributed by atoms with Gasteiger partial charge in [0.1, 0.15) is 0 Å². The predicted molar refractivity (Wildman–Crippen MR) is 84.9 cm³/mol. The van der Waals surface area contributed by atoms with E-state index < -0.39 is 0 Å². The average molecular weight is 325 g/mol. The van der Waals surface area contributed by atoms with Crippen LogP contribution in [0, 0.1) is 0 Å². The van der Waals surface area contributed by atoms with Crippen LogP contribution in [0.3, 0.4) is 0 Å². The zero-order chi connectivity index (χ0) is 16.1. The standard InChI is InChI=1S/C16H21ClN2O3/c1-11(20)18-14-4-3-7-19(10-14)9-13-8-12(16(21)22-2)5-6-15(13)17/h5-6,8,14H,3-4,7,9-10H2,1-2H3,(H,18,20)/t14-/m1/s1. The number of nitrogens with one attached hydrogen (secondary N) is 1. The monoisotopic (exact) mass is 324 g/mol. The molecule has 120 valence electrons. The molecular weight excluding hydrogens is 304 g/mol. The van der Waals surface area contributed by atoms with Gasteiger partial charge in [0.25, 0.3) is 0 Å². The number of carbonyl (C=O) groups is 2. The minimum absolute atomic E-state index is 0.00225. The van der Waals surface area contributed by atoms with Crippen molar-refractivity contribution >= 4 is 23.5 Å². The summed E-state index contributed by atoms with van der Waals surface area (Å²) in [5.41, 5.74) is 1.39. The molecule has 5 nitrogen and oxygen atoms in total. The minimum atomic E-state index is -0.368. The van der Waals surface area contributed by atoms with Crippen molar-refractivity contribution in [3.63, 3.8) is 0 Å². The summed E-state index contributed by atoms with van der Waals surface area (Å²) in [6.07, 6.45) is 2.02. The molecule has 6 heteroatoms. The molecule has 1 aliphatic heterocycles. The van der Waals surface area contributed by atoms with Crippen LogP contribution in [0.4, 0.5) is 0 Å². The van der Waals surface area contributed by atoms with E-state index in [9.17, 15) is 9.59 Å². The Morgan fingerprint density at radius 2 is 2.23 bits per heavy atom. The number of hydrogen-bond donors (Lipinski definition) is 1. The van der Waals surface area contributed by atoms with Crippen molar-refractivity contribution in [1.82, 2.24) is 10.2 Å². The van der Waals surface area contributed by atoms with Crippen molar-refractivity contribution < 1.29 is 14.3 Å². The summed E-state index contributed by atoms with van der Waals surface area (Å²) in [5.74, 6) is -0.370. The number of piperidine rings is 1. The normalized spacial score (nSPS) is 18.8. The zero-order valence-electron chi connectivity index (χ0n) is 12.9. The SMILES string of the molecule is COC(=O)c1ccc(Cl)c(CN2CCC[C@@H](NC(C)=O)C2)c1. The molecule has 0 spiro atoms. The lowest BCUT2D eigenvalue weighted by atomic mass is 10.0. The summed E-state index contributed by atoms with van der Waals surface area (Å²) < 4.78 is 4.74. The maximum absolute atomic E-state index is 11.6. The third-order valence-corrected chi connectivity index (χ3v) is 4.14. The van der Waals surface area contributed by atoms with Gasteiger partial charge in [-0.1, -0.05) is 11.6 Å². The summed E-state index contributed by atoms with van der Waals surface area (Å²) in [7, 11) is 1.36. The Labute approximate surface area is 135 Å². The molecule has 0 saturated carbocycles. The van der Waals surface area contributed by atoms with Crippen LogP contribution in [0.15, 0.2) is 18.2 Å². The minimum Gasteiger partial charge on any atom is -0.465 e. The number of esters is 1. The van der Waals surface area contributed by atoms with Gasteiger partial charge in [0, 0.05) is 31.1 Å². The van der Waals surface area contributed by atoms with E-state index >= 15 is 0 Å². The topological polar surface area (TPSA) is 58.6 Å². The Kier molecular flexibility index (Phi) is 5.80. The first kappa shape index (κ1) is 16.8. The maximum Gasteiger partial charge on any atom is 0.337 e. The Balaban J connectivity index is 2.06. The van der Waals surface area contributed by atoms with E-state index in [1.54, 1.807) is 18.2 Å². The largest absolute Gasteiger partial charge is 0.465 e. The smallest absolute Gasteiger partial charge is 0.337 e. The van der Waals surface area contributed by atoms with Gasteiger partial charge >= 0.3 is 5.97 Å². The molecule has 2 rings (SSSR count). The van der Waals surface area contributed by atoms with Crippen LogP contribution in [-0.2, 0) is 16.1 Å². The second-order valence-electron chi connectivity index (χ2n) is 5.57. The Morgan fingerprint density at radius 3 is 2.91 bits per heavy atom. The quantitative estimate of drug-likeness (QED) is 0.863. The highest BCUT2D eigenvalue weighted by atomic mass is 35.5. The molecule has 1 atom stereocenters. The van der Waals surface area contributed by atoms with E-state index in [0.717, 1.165) is 31.5 Å². The summed E-state index contributed by atoms with van der Waals surface area (Å²) in [5, 5.41) is 3.60. The Morgan fingerprint density at radius 1 is 1.45 bits per heavy atom. The van der Waals surface area contributed by atoms with Gasteiger partial charge < -0.3 is 10.1 Å². The molecule has 1 saturated heterocycles. The molecule has 1 amide bonds. The lowest BCUT2D eigenvalue weighted by Gasteiger charge is -2.33. The Bertz CT molecular complexity index is 562. The lowest BCUT2D eigenvalue weighted by Crippen LogP contribution is -2.46. The van der Waals surface area contributed by atoms with Gasteiger partial charge in [-0.2, -0.15) is 0 Å². The molecular formula is C16H21ClN2O3. The summed E-state index contributed by atoms with van der Waals surface area (Å²) >= 11 is 6.24. The highest BCUT2D eigenvalue weighted by Gasteiger charge is 2.21. The van der Waals surface area contributed by atoms with E-state index in [1.807, 2.05) is 0 Å². The molecule has 0 unspecified atom stereocenters. The summed E-state index contributed by atoms with van der Waals surface area (Å²) in [4.78, 5) is 25.0. The first-order chi connectivity index (χ1) is 10.5. The van der Waals surface area contributed by atoms with Crippen molar-refractivity contribution in [2.75, 3.05) is 20.2 Å². The third kappa shape index (κ3) is 4.45. The number of methoxy groups -OCH3 is 1. The van der Waals surface area contributed by atoms with Crippen LogP contribution in [0.1, 0.15) is 35.7 Å². The molecule has 0 radical (unpaired) electrons. The average Bonchev–Trinajstić information content (AvgIpc) is 2.48. The number of nitrogens with zero attached hydrogens (tertiary/aromatic N) is 1. The van der Waals surface area contributed by atoms with E-state index in [0.29, 0.717) is 17.1 Å². The predicted octanol–water partition coefficient (Wildman–Crippen LogP) is 2.23. The van der Waals surface area contributed by atoms with Gasteiger partial charge in [-0.3, -0.25) is 9.69 Å². The molecule has 1 aromatic carbocycles. The Hall–Kier alpha value is -1.59. The van der Waals surface area contributed by atoms with Gasteiger partial charge in [-0.15, -0.1) is 0 Å². The molecule has 1 aliphatic rings. The second kappa shape index (κ2) is 7.61. The number of amides is 1. The van der Waals surface area contributed by atoms with Gasteiger partial charge in [-0.25, -0.2) is 4.79 Å². The number of benzene rings is 1. The highest BCUT2D eigenvalue weighted by molar-refractivity contribution is 6.31. The molecule has 1 aromatic rings. The van der Waals surface area contributed by atoms with Crippen LogP contribution >= 0.6 is 11.6 Å². The summed E-state index contributed by atoms with van der Waals surface area (Å²) in [6, 6.07) is 5.33.